The van der Waals surface area contributed by atoms with Gasteiger partial charge in [0.2, 0.25) is 0 Å². The molecule has 4 nitrogen and oxygen atoms in total. The minimum atomic E-state index is 0.478. The maximum Gasteiger partial charge on any atom is 0.179 e. The number of benzene rings is 1. The van der Waals surface area contributed by atoms with E-state index in [1.165, 1.54) is 6.21 Å². The summed E-state index contributed by atoms with van der Waals surface area (Å²) in [4.78, 5) is 0. The van der Waals surface area contributed by atoms with Crippen LogP contribution in [0.2, 0.25) is 5.02 Å². The Morgan fingerprint density at radius 3 is 2.80 bits per heavy atom. The lowest BCUT2D eigenvalue weighted by atomic mass is 10.2. The average molecular weight is 229 g/mol. The van der Waals surface area contributed by atoms with Crippen molar-refractivity contribution < 1.29 is 9.47 Å². The summed E-state index contributed by atoms with van der Waals surface area (Å²) in [5.41, 5.74) is 0.766. The Morgan fingerprint density at radius 1 is 1.53 bits per heavy atom. The quantitative estimate of drug-likeness (QED) is 0.488. The second-order valence-corrected chi connectivity index (χ2v) is 3.15. The van der Waals surface area contributed by atoms with Crippen LogP contribution in [0.15, 0.2) is 17.2 Å². The minimum Gasteiger partial charge on any atom is -0.493 e. The number of nitrogens with zero attached hydrogens (tertiary/aromatic N) is 1. The number of ether oxygens (including phenoxy) is 2. The van der Waals surface area contributed by atoms with Gasteiger partial charge in [-0.1, -0.05) is 11.6 Å². The molecule has 1 aromatic carbocycles. The van der Waals surface area contributed by atoms with Gasteiger partial charge in [0.1, 0.15) is 0 Å². The van der Waals surface area contributed by atoms with Gasteiger partial charge in [0.05, 0.1) is 25.0 Å². The van der Waals surface area contributed by atoms with E-state index in [9.17, 15) is 0 Å². The highest BCUT2D eigenvalue weighted by molar-refractivity contribution is 6.32. The van der Waals surface area contributed by atoms with Crippen molar-refractivity contribution in [3.8, 4) is 11.5 Å². The topological polar surface area (TPSA) is 56.8 Å². The zero-order chi connectivity index (χ0) is 11.3. The Balaban J connectivity index is 3.17. The van der Waals surface area contributed by atoms with Crippen molar-refractivity contribution in [2.45, 2.75) is 6.92 Å². The molecule has 0 aliphatic heterocycles. The van der Waals surface area contributed by atoms with Gasteiger partial charge in [-0.2, -0.15) is 5.10 Å². The predicted octanol–water partition coefficient (Wildman–Crippen LogP) is 2.04. The lowest BCUT2D eigenvalue weighted by molar-refractivity contribution is 0.311. The summed E-state index contributed by atoms with van der Waals surface area (Å²) in [7, 11) is 1.55. The van der Waals surface area contributed by atoms with E-state index < -0.39 is 0 Å². The summed E-state index contributed by atoms with van der Waals surface area (Å²) in [6.07, 6.45) is 1.49. The van der Waals surface area contributed by atoms with Crippen LogP contribution in [0.5, 0.6) is 11.5 Å². The van der Waals surface area contributed by atoms with Gasteiger partial charge in [0.25, 0.3) is 0 Å². The summed E-state index contributed by atoms with van der Waals surface area (Å²) >= 11 is 6.02. The molecule has 0 atom stereocenters. The van der Waals surface area contributed by atoms with Crippen molar-refractivity contribution in [2.24, 2.45) is 10.9 Å². The monoisotopic (exact) mass is 228 g/mol. The first-order valence-corrected chi connectivity index (χ1v) is 4.84. The Hall–Kier alpha value is -1.42. The van der Waals surface area contributed by atoms with Crippen LogP contribution >= 0.6 is 11.6 Å². The summed E-state index contributed by atoms with van der Waals surface area (Å²) < 4.78 is 10.5. The molecule has 0 radical (unpaired) electrons. The van der Waals surface area contributed by atoms with Crippen LogP contribution in [0, 0.1) is 0 Å². The highest BCUT2D eigenvalue weighted by Gasteiger charge is 2.10. The molecule has 5 heteroatoms. The SMILES string of the molecule is CCOc1c(Cl)cc(/C=N\N)cc1OC. The van der Waals surface area contributed by atoms with Crippen LogP contribution in [-0.4, -0.2) is 19.9 Å². The van der Waals surface area contributed by atoms with Crippen molar-refractivity contribution >= 4 is 17.8 Å². The molecule has 1 rings (SSSR count). The Bertz CT molecular complexity index is 367. The molecule has 15 heavy (non-hydrogen) atoms. The number of hydrazone groups is 1. The zero-order valence-corrected chi connectivity index (χ0v) is 9.41. The van der Waals surface area contributed by atoms with Crippen molar-refractivity contribution in [3.05, 3.63) is 22.7 Å². The Kier molecular flexibility index (Phi) is 4.24. The van der Waals surface area contributed by atoms with Gasteiger partial charge in [-0.25, -0.2) is 0 Å². The van der Waals surface area contributed by atoms with Gasteiger partial charge in [-0.3, -0.25) is 0 Å². The summed E-state index contributed by atoms with van der Waals surface area (Å²) in [5, 5.41) is 3.90. The smallest absolute Gasteiger partial charge is 0.179 e. The Labute approximate surface area is 93.6 Å². The molecule has 0 fully saturated rings. The third kappa shape index (κ3) is 2.76. The fourth-order valence-electron chi connectivity index (χ4n) is 1.18. The number of halogens is 1. The molecule has 0 saturated carbocycles. The van der Waals surface area contributed by atoms with Crippen LogP contribution in [0.1, 0.15) is 12.5 Å². The molecule has 0 bridgehead atoms. The van der Waals surface area contributed by atoms with Crippen molar-refractivity contribution in [3.63, 3.8) is 0 Å². The molecule has 0 spiro atoms. The molecular formula is C10H13ClN2O2. The van der Waals surface area contributed by atoms with E-state index >= 15 is 0 Å². The number of hydrogen-bond donors (Lipinski definition) is 1. The highest BCUT2D eigenvalue weighted by Crippen LogP contribution is 2.35. The minimum absolute atomic E-state index is 0.478. The molecule has 82 valence electrons. The van der Waals surface area contributed by atoms with Gasteiger partial charge in [-0.05, 0) is 24.6 Å². The van der Waals surface area contributed by atoms with E-state index in [0.717, 1.165) is 5.56 Å². The van der Waals surface area contributed by atoms with Crippen LogP contribution in [0.4, 0.5) is 0 Å². The first-order chi connectivity index (χ1) is 7.22. The molecule has 2 N–H and O–H groups in total. The van der Waals surface area contributed by atoms with Crippen molar-refractivity contribution in [1.82, 2.24) is 0 Å². The van der Waals surface area contributed by atoms with E-state index in [-0.39, 0.29) is 0 Å². The van der Waals surface area contributed by atoms with Crippen LogP contribution in [0.25, 0.3) is 0 Å². The molecule has 0 aliphatic carbocycles. The molecule has 0 unspecified atom stereocenters. The largest absolute Gasteiger partial charge is 0.493 e. The van der Waals surface area contributed by atoms with E-state index in [1.54, 1.807) is 19.2 Å². The molecule has 0 saturated heterocycles. The van der Waals surface area contributed by atoms with Gasteiger partial charge < -0.3 is 15.3 Å². The maximum absolute atomic E-state index is 6.02. The fraction of sp³-hybridized carbons (Fsp3) is 0.300. The van der Waals surface area contributed by atoms with Gasteiger partial charge in [0, 0.05) is 0 Å². The predicted molar refractivity (Wildman–Crippen MR) is 61.0 cm³/mol. The van der Waals surface area contributed by atoms with Crippen LogP contribution in [0.3, 0.4) is 0 Å². The summed E-state index contributed by atoms with van der Waals surface area (Å²) in [5.74, 6) is 6.16. The fourth-order valence-corrected chi connectivity index (χ4v) is 1.46. The van der Waals surface area contributed by atoms with Gasteiger partial charge in [0.15, 0.2) is 11.5 Å². The Morgan fingerprint density at radius 2 is 2.27 bits per heavy atom. The van der Waals surface area contributed by atoms with Crippen molar-refractivity contribution in [2.75, 3.05) is 13.7 Å². The molecule has 0 aliphatic rings. The van der Waals surface area contributed by atoms with Gasteiger partial charge >= 0.3 is 0 Å². The number of nitrogens with two attached hydrogens (primary N) is 1. The summed E-state index contributed by atoms with van der Waals surface area (Å²) in [6, 6.07) is 3.47. The van der Waals surface area contributed by atoms with Gasteiger partial charge in [-0.15, -0.1) is 0 Å². The first kappa shape index (κ1) is 11.7. The number of rotatable bonds is 4. The van der Waals surface area contributed by atoms with E-state index in [4.69, 9.17) is 26.9 Å². The normalized spacial score (nSPS) is 10.6. The molecule has 0 amide bonds. The second kappa shape index (κ2) is 5.46. The maximum atomic E-state index is 6.02. The standard InChI is InChI=1S/C10H13ClN2O2/c1-3-15-10-8(11)4-7(6-13-12)5-9(10)14-2/h4-6H,3,12H2,1-2H3/b13-6-. The third-order valence-corrected chi connectivity index (χ3v) is 2.04. The number of hydrogen-bond acceptors (Lipinski definition) is 4. The molecular weight excluding hydrogens is 216 g/mol. The molecule has 1 aromatic rings. The molecule has 0 heterocycles. The lowest BCUT2D eigenvalue weighted by Crippen LogP contribution is -1.98. The van der Waals surface area contributed by atoms with Crippen LogP contribution in [-0.2, 0) is 0 Å². The average Bonchev–Trinajstić information content (AvgIpc) is 2.22. The van der Waals surface area contributed by atoms with E-state index in [1.807, 2.05) is 6.92 Å². The third-order valence-electron chi connectivity index (χ3n) is 1.76. The van der Waals surface area contributed by atoms with E-state index in [0.29, 0.717) is 23.1 Å². The zero-order valence-electron chi connectivity index (χ0n) is 8.66. The van der Waals surface area contributed by atoms with E-state index in [2.05, 4.69) is 5.10 Å². The molecule has 0 aromatic heterocycles. The number of methoxy groups -OCH3 is 1. The van der Waals surface area contributed by atoms with Crippen molar-refractivity contribution in [1.29, 1.82) is 0 Å². The van der Waals surface area contributed by atoms with Crippen LogP contribution < -0.4 is 15.3 Å². The first-order valence-electron chi connectivity index (χ1n) is 4.46. The second-order valence-electron chi connectivity index (χ2n) is 2.75. The highest BCUT2D eigenvalue weighted by atomic mass is 35.5. The summed E-state index contributed by atoms with van der Waals surface area (Å²) in [6.45, 7) is 2.41. The lowest BCUT2D eigenvalue weighted by Gasteiger charge is -2.11.